The highest BCUT2D eigenvalue weighted by atomic mass is 16.4. The Balaban J connectivity index is 2.77. The molecule has 0 aliphatic rings. The molecule has 1 rings (SSSR count). The van der Waals surface area contributed by atoms with E-state index in [-0.39, 0.29) is 0 Å². The first-order valence-electron chi connectivity index (χ1n) is 6.98. The van der Waals surface area contributed by atoms with Crippen molar-refractivity contribution in [2.24, 2.45) is 11.8 Å². The maximum Gasteiger partial charge on any atom is 0.335 e. The lowest BCUT2D eigenvalue weighted by atomic mass is 9.95. The lowest BCUT2D eigenvalue weighted by molar-refractivity contribution is 0.0697. The zero-order chi connectivity index (χ0) is 14.4. The average Bonchev–Trinajstić information content (AvgIpc) is 2.27. The minimum atomic E-state index is -0.882. The molecular formula is C16H25NO2. The van der Waals surface area contributed by atoms with Crippen LogP contribution in [0.25, 0.3) is 0 Å². The van der Waals surface area contributed by atoms with Gasteiger partial charge in [0.2, 0.25) is 0 Å². The van der Waals surface area contributed by atoms with E-state index in [1.165, 1.54) is 0 Å². The van der Waals surface area contributed by atoms with E-state index in [2.05, 4.69) is 33.0 Å². The van der Waals surface area contributed by atoms with Crippen LogP contribution in [0.1, 0.15) is 50.9 Å². The van der Waals surface area contributed by atoms with Gasteiger partial charge in [0.05, 0.1) is 5.56 Å². The number of hydrogen-bond acceptors (Lipinski definition) is 2. The van der Waals surface area contributed by atoms with Gasteiger partial charge >= 0.3 is 5.97 Å². The van der Waals surface area contributed by atoms with Crippen LogP contribution < -0.4 is 5.32 Å². The molecule has 0 unspecified atom stereocenters. The number of carboxylic acid groups (broad SMARTS) is 1. The Hall–Kier alpha value is -1.51. The van der Waals surface area contributed by atoms with Gasteiger partial charge in [-0.15, -0.1) is 0 Å². The average molecular weight is 263 g/mol. The van der Waals surface area contributed by atoms with Crippen molar-refractivity contribution in [3.05, 3.63) is 29.8 Å². The van der Waals surface area contributed by atoms with Crippen LogP contribution in [0.4, 0.5) is 5.69 Å². The second-order valence-corrected chi connectivity index (χ2v) is 5.99. The van der Waals surface area contributed by atoms with E-state index >= 15 is 0 Å². The Kier molecular flexibility index (Phi) is 5.87. The van der Waals surface area contributed by atoms with Gasteiger partial charge < -0.3 is 10.4 Å². The molecule has 0 aliphatic carbocycles. The highest BCUT2D eigenvalue weighted by Crippen LogP contribution is 2.19. The molecular weight excluding hydrogens is 238 g/mol. The summed E-state index contributed by atoms with van der Waals surface area (Å²) in [6, 6.07) is 7.43. The van der Waals surface area contributed by atoms with Crippen molar-refractivity contribution < 1.29 is 9.90 Å². The van der Waals surface area contributed by atoms with E-state index in [0.29, 0.717) is 23.4 Å². The summed E-state index contributed by atoms with van der Waals surface area (Å²) in [5, 5.41) is 12.5. The Morgan fingerprint density at radius 3 is 2.21 bits per heavy atom. The fraction of sp³-hybridized carbons (Fsp3) is 0.562. The Morgan fingerprint density at radius 2 is 1.74 bits per heavy atom. The zero-order valence-corrected chi connectivity index (χ0v) is 12.3. The van der Waals surface area contributed by atoms with Crippen LogP contribution in [-0.4, -0.2) is 17.1 Å². The summed E-state index contributed by atoms with van der Waals surface area (Å²) in [6.07, 6.45) is 2.19. The van der Waals surface area contributed by atoms with Gasteiger partial charge in [-0.05, 0) is 42.9 Å². The fourth-order valence-corrected chi connectivity index (χ4v) is 2.33. The van der Waals surface area contributed by atoms with Crippen molar-refractivity contribution in [1.29, 1.82) is 0 Å². The van der Waals surface area contributed by atoms with E-state index in [0.717, 1.165) is 18.5 Å². The van der Waals surface area contributed by atoms with Crippen molar-refractivity contribution in [2.45, 2.75) is 46.6 Å². The molecule has 0 bridgehead atoms. The molecule has 0 radical (unpaired) electrons. The van der Waals surface area contributed by atoms with Gasteiger partial charge in [0, 0.05) is 11.7 Å². The number of nitrogens with one attached hydrogen (secondary N) is 1. The Morgan fingerprint density at radius 1 is 1.16 bits per heavy atom. The molecule has 0 saturated heterocycles. The van der Waals surface area contributed by atoms with Gasteiger partial charge in [-0.3, -0.25) is 0 Å². The minimum absolute atomic E-state index is 0.331. The normalized spacial score (nSPS) is 11.3. The van der Waals surface area contributed by atoms with E-state index in [9.17, 15) is 4.79 Å². The van der Waals surface area contributed by atoms with E-state index in [1.807, 2.05) is 6.07 Å². The largest absolute Gasteiger partial charge is 0.478 e. The molecule has 0 atom stereocenters. The van der Waals surface area contributed by atoms with Gasteiger partial charge in [0.25, 0.3) is 0 Å². The number of aromatic carboxylic acids is 1. The fourth-order valence-electron chi connectivity index (χ4n) is 2.33. The van der Waals surface area contributed by atoms with Crippen LogP contribution in [-0.2, 0) is 0 Å². The van der Waals surface area contributed by atoms with Gasteiger partial charge in [0.15, 0.2) is 0 Å². The third-order valence-electron chi connectivity index (χ3n) is 2.99. The van der Waals surface area contributed by atoms with Crippen molar-refractivity contribution in [2.75, 3.05) is 5.32 Å². The molecule has 106 valence electrons. The van der Waals surface area contributed by atoms with Crippen molar-refractivity contribution in [3.63, 3.8) is 0 Å². The summed E-state index contributed by atoms with van der Waals surface area (Å²) in [5.41, 5.74) is 1.23. The van der Waals surface area contributed by atoms with Crippen LogP contribution in [0, 0.1) is 11.8 Å². The second kappa shape index (κ2) is 7.17. The zero-order valence-electron chi connectivity index (χ0n) is 12.3. The van der Waals surface area contributed by atoms with E-state index < -0.39 is 5.97 Å². The number of hydrogen-bond donors (Lipinski definition) is 2. The Labute approximate surface area is 116 Å². The molecule has 0 fully saturated rings. The molecule has 0 aromatic heterocycles. The SMILES string of the molecule is CC(C)CC(CC(C)C)Nc1cccc(C(=O)O)c1. The highest BCUT2D eigenvalue weighted by molar-refractivity contribution is 5.88. The lowest BCUT2D eigenvalue weighted by Gasteiger charge is -2.23. The molecule has 0 saturated carbocycles. The van der Waals surface area contributed by atoms with Crippen LogP contribution >= 0.6 is 0 Å². The predicted octanol–water partition coefficient (Wildman–Crippen LogP) is 4.26. The topological polar surface area (TPSA) is 49.3 Å². The summed E-state index contributed by atoms with van der Waals surface area (Å²) < 4.78 is 0. The molecule has 0 heterocycles. The van der Waals surface area contributed by atoms with Crippen molar-refractivity contribution in [1.82, 2.24) is 0 Å². The third-order valence-corrected chi connectivity index (χ3v) is 2.99. The molecule has 2 N–H and O–H groups in total. The standard InChI is InChI=1S/C16H25NO2/c1-11(2)8-15(9-12(3)4)17-14-7-5-6-13(10-14)16(18)19/h5-7,10-12,15,17H,8-9H2,1-4H3,(H,18,19). The number of anilines is 1. The molecule has 3 nitrogen and oxygen atoms in total. The van der Waals surface area contributed by atoms with Crippen molar-refractivity contribution >= 4 is 11.7 Å². The van der Waals surface area contributed by atoms with Crippen LogP contribution in [0.3, 0.4) is 0 Å². The smallest absolute Gasteiger partial charge is 0.335 e. The minimum Gasteiger partial charge on any atom is -0.478 e. The molecule has 0 aliphatic heterocycles. The molecule has 3 heteroatoms. The summed E-state index contributed by atoms with van der Waals surface area (Å²) >= 11 is 0. The maximum atomic E-state index is 11.0. The first-order chi connectivity index (χ1) is 8.88. The Bertz CT molecular complexity index is 403. The van der Waals surface area contributed by atoms with Crippen molar-refractivity contribution in [3.8, 4) is 0 Å². The molecule has 19 heavy (non-hydrogen) atoms. The van der Waals surface area contributed by atoms with Crippen LogP contribution in [0.5, 0.6) is 0 Å². The van der Waals surface area contributed by atoms with Crippen LogP contribution in [0.15, 0.2) is 24.3 Å². The van der Waals surface area contributed by atoms with Crippen LogP contribution in [0.2, 0.25) is 0 Å². The lowest BCUT2D eigenvalue weighted by Crippen LogP contribution is -2.23. The molecule has 1 aromatic carbocycles. The first kappa shape index (κ1) is 15.5. The predicted molar refractivity (Wildman–Crippen MR) is 79.7 cm³/mol. The monoisotopic (exact) mass is 263 g/mol. The second-order valence-electron chi connectivity index (χ2n) is 5.99. The maximum absolute atomic E-state index is 11.0. The quantitative estimate of drug-likeness (QED) is 0.773. The van der Waals surface area contributed by atoms with E-state index in [1.54, 1.807) is 18.2 Å². The number of rotatable bonds is 7. The summed E-state index contributed by atoms with van der Waals surface area (Å²) in [5.74, 6) is 0.366. The third kappa shape index (κ3) is 5.77. The van der Waals surface area contributed by atoms with E-state index in [4.69, 9.17) is 5.11 Å². The van der Waals surface area contributed by atoms with Gasteiger partial charge in [0.1, 0.15) is 0 Å². The molecule has 1 aromatic rings. The van der Waals surface area contributed by atoms with Gasteiger partial charge in [-0.2, -0.15) is 0 Å². The highest BCUT2D eigenvalue weighted by Gasteiger charge is 2.13. The molecule has 0 amide bonds. The first-order valence-corrected chi connectivity index (χ1v) is 6.98. The molecule has 0 spiro atoms. The number of carbonyl (C=O) groups is 1. The van der Waals surface area contributed by atoms with Gasteiger partial charge in [-0.1, -0.05) is 33.8 Å². The summed E-state index contributed by atoms with van der Waals surface area (Å²) in [7, 11) is 0. The number of benzene rings is 1. The number of carboxylic acids is 1. The summed E-state index contributed by atoms with van der Waals surface area (Å²) in [4.78, 5) is 11.0. The van der Waals surface area contributed by atoms with Gasteiger partial charge in [-0.25, -0.2) is 4.79 Å². The summed E-state index contributed by atoms with van der Waals surface area (Å²) in [6.45, 7) is 8.84.